The standard InChI is InChI=1S/C18H14S2/c1-2-15-8-13-9-18-14(11-17(13)19-15)10-16(20-18)12-6-4-3-5-7-12/h3-11H,2H2,1H3. The van der Waals surface area contributed by atoms with Gasteiger partial charge in [0.1, 0.15) is 0 Å². The van der Waals surface area contributed by atoms with Crippen molar-refractivity contribution in [2.45, 2.75) is 13.3 Å². The van der Waals surface area contributed by atoms with Crippen LogP contribution in [0.2, 0.25) is 0 Å². The molecule has 0 spiro atoms. The molecule has 20 heavy (non-hydrogen) atoms. The van der Waals surface area contributed by atoms with E-state index in [0.717, 1.165) is 6.42 Å². The topological polar surface area (TPSA) is 0 Å². The van der Waals surface area contributed by atoms with Crippen molar-refractivity contribution >= 4 is 42.8 Å². The molecule has 0 saturated heterocycles. The molecule has 2 aromatic heterocycles. The summed E-state index contributed by atoms with van der Waals surface area (Å²) in [5.41, 5.74) is 1.31. The molecular formula is C18H14S2. The van der Waals surface area contributed by atoms with Crippen molar-refractivity contribution in [3.63, 3.8) is 0 Å². The molecule has 2 heteroatoms. The maximum atomic E-state index is 2.34. The third-order valence-electron chi connectivity index (χ3n) is 3.61. The van der Waals surface area contributed by atoms with Crippen LogP contribution in [0.3, 0.4) is 0 Å². The summed E-state index contributed by atoms with van der Waals surface area (Å²) < 4.78 is 2.79. The highest BCUT2D eigenvalue weighted by atomic mass is 32.1. The van der Waals surface area contributed by atoms with Crippen molar-refractivity contribution in [1.29, 1.82) is 0 Å². The Balaban J connectivity index is 1.91. The average Bonchev–Trinajstić information content (AvgIpc) is 3.07. The first kappa shape index (κ1) is 12.1. The number of hydrogen-bond acceptors (Lipinski definition) is 2. The highest BCUT2D eigenvalue weighted by molar-refractivity contribution is 7.23. The molecule has 0 fully saturated rings. The van der Waals surface area contributed by atoms with Crippen molar-refractivity contribution in [3.8, 4) is 10.4 Å². The maximum Gasteiger partial charge on any atom is 0.0356 e. The van der Waals surface area contributed by atoms with Crippen molar-refractivity contribution in [3.05, 3.63) is 59.5 Å². The van der Waals surface area contributed by atoms with Crippen LogP contribution in [0.1, 0.15) is 11.8 Å². The molecule has 0 atom stereocenters. The van der Waals surface area contributed by atoms with Gasteiger partial charge in [0.25, 0.3) is 0 Å². The number of hydrogen-bond donors (Lipinski definition) is 0. The van der Waals surface area contributed by atoms with E-state index in [0.29, 0.717) is 0 Å². The van der Waals surface area contributed by atoms with Crippen molar-refractivity contribution in [2.24, 2.45) is 0 Å². The van der Waals surface area contributed by atoms with Crippen LogP contribution < -0.4 is 0 Å². The number of benzene rings is 2. The van der Waals surface area contributed by atoms with E-state index in [1.807, 2.05) is 22.7 Å². The molecule has 98 valence electrons. The van der Waals surface area contributed by atoms with Gasteiger partial charge in [-0.25, -0.2) is 0 Å². The minimum atomic E-state index is 1.13. The normalized spacial score (nSPS) is 11.4. The minimum Gasteiger partial charge on any atom is -0.140 e. The second-order valence-corrected chi connectivity index (χ2v) is 7.22. The third kappa shape index (κ3) is 1.96. The lowest BCUT2D eigenvalue weighted by atomic mass is 10.1. The molecule has 4 rings (SSSR count). The van der Waals surface area contributed by atoms with Gasteiger partial charge in [0.05, 0.1) is 0 Å². The number of thiophene rings is 2. The van der Waals surface area contributed by atoms with Gasteiger partial charge >= 0.3 is 0 Å². The van der Waals surface area contributed by atoms with Gasteiger partial charge in [-0.05, 0) is 47.0 Å². The lowest BCUT2D eigenvalue weighted by Crippen LogP contribution is -1.67. The molecule has 0 nitrogen and oxygen atoms in total. The first-order valence-corrected chi connectivity index (χ1v) is 8.48. The highest BCUT2D eigenvalue weighted by Gasteiger charge is 2.07. The van der Waals surface area contributed by atoms with E-state index in [4.69, 9.17) is 0 Å². The van der Waals surface area contributed by atoms with Gasteiger partial charge in [-0.1, -0.05) is 37.3 Å². The predicted molar refractivity (Wildman–Crippen MR) is 92.0 cm³/mol. The molecule has 0 N–H and O–H groups in total. The van der Waals surface area contributed by atoms with Gasteiger partial charge in [-0.3, -0.25) is 0 Å². The van der Waals surface area contributed by atoms with Crippen LogP contribution in [0, 0.1) is 0 Å². The Kier molecular flexibility index (Phi) is 2.86. The van der Waals surface area contributed by atoms with Gasteiger partial charge in [-0.15, -0.1) is 22.7 Å². The Bertz CT molecular complexity index is 831. The summed E-state index contributed by atoms with van der Waals surface area (Å²) in [4.78, 5) is 2.83. The van der Waals surface area contributed by atoms with Crippen LogP contribution in [0.4, 0.5) is 0 Å². The van der Waals surface area contributed by atoms with E-state index in [9.17, 15) is 0 Å². The smallest absolute Gasteiger partial charge is 0.0356 e. The van der Waals surface area contributed by atoms with E-state index in [-0.39, 0.29) is 0 Å². The van der Waals surface area contributed by atoms with Gasteiger partial charge < -0.3 is 0 Å². The fraction of sp³-hybridized carbons (Fsp3) is 0.111. The summed E-state index contributed by atoms with van der Waals surface area (Å²) in [5.74, 6) is 0. The Morgan fingerprint density at radius 1 is 0.800 bits per heavy atom. The van der Waals surface area contributed by atoms with Crippen LogP contribution in [0.25, 0.3) is 30.6 Å². The molecule has 0 radical (unpaired) electrons. The number of rotatable bonds is 2. The summed E-state index contributed by atoms with van der Waals surface area (Å²) in [7, 11) is 0. The van der Waals surface area contributed by atoms with Crippen molar-refractivity contribution in [1.82, 2.24) is 0 Å². The molecule has 0 bridgehead atoms. The minimum absolute atomic E-state index is 1.13. The molecule has 0 aliphatic rings. The Morgan fingerprint density at radius 2 is 1.50 bits per heavy atom. The summed E-state index contributed by atoms with van der Waals surface area (Å²) in [5, 5.41) is 2.76. The summed E-state index contributed by atoms with van der Waals surface area (Å²) in [6.45, 7) is 2.22. The lowest BCUT2D eigenvalue weighted by Gasteiger charge is -1.93. The molecule has 0 amide bonds. The number of aryl methyl sites for hydroxylation is 1. The zero-order chi connectivity index (χ0) is 13.5. The second kappa shape index (κ2) is 4.72. The van der Waals surface area contributed by atoms with Gasteiger partial charge in [0, 0.05) is 19.2 Å². The average molecular weight is 294 g/mol. The van der Waals surface area contributed by atoms with E-state index < -0.39 is 0 Å². The fourth-order valence-electron chi connectivity index (χ4n) is 2.55. The maximum absolute atomic E-state index is 2.34. The Labute approximate surface area is 126 Å². The molecule has 0 aliphatic heterocycles. The van der Waals surface area contributed by atoms with Crippen LogP contribution >= 0.6 is 22.7 Å². The van der Waals surface area contributed by atoms with Crippen molar-refractivity contribution in [2.75, 3.05) is 0 Å². The monoisotopic (exact) mass is 294 g/mol. The SMILES string of the molecule is CCc1cc2cc3sc(-c4ccccc4)cc3cc2s1. The molecule has 0 aliphatic carbocycles. The third-order valence-corrected chi connectivity index (χ3v) is 6.00. The van der Waals surface area contributed by atoms with E-state index in [1.165, 1.54) is 35.5 Å². The van der Waals surface area contributed by atoms with E-state index >= 15 is 0 Å². The molecule has 0 saturated carbocycles. The van der Waals surface area contributed by atoms with Crippen LogP contribution in [-0.2, 0) is 6.42 Å². The highest BCUT2D eigenvalue weighted by Crippen LogP contribution is 2.37. The molecule has 0 unspecified atom stereocenters. The first-order valence-electron chi connectivity index (χ1n) is 6.85. The van der Waals surface area contributed by atoms with Gasteiger partial charge in [0.2, 0.25) is 0 Å². The van der Waals surface area contributed by atoms with Crippen molar-refractivity contribution < 1.29 is 0 Å². The molecular weight excluding hydrogens is 280 g/mol. The quantitative estimate of drug-likeness (QED) is 0.404. The van der Waals surface area contributed by atoms with Gasteiger partial charge in [-0.2, -0.15) is 0 Å². The zero-order valence-electron chi connectivity index (χ0n) is 11.2. The number of fused-ring (bicyclic) bond motifs is 2. The second-order valence-electron chi connectivity index (χ2n) is 4.97. The molecule has 4 aromatic rings. The molecule has 2 heterocycles. The lowest BCUT2D eigenvalue weighted by molar-refractivity contribution is 1.19. The first-order chi connectivity index (χ1) is 9.83. The van der Waals surface area contributed by atoms with E-state index in [1.54, 1.807) is 0 Å². The van der Waals surface area contributed by atoms with Crippen LogP contribution in [-0.4, -0.2) is 0 Å². The van der Waals surface area contributed by atoms with Crippen LogP contribution in [0.15, 0.2) is 54.6 Å². The summed E-state index contributed by atoms with van der Waals surface area (Å²) >= 11 is 3.81. The Morgan fingerprint density at radius 3 is 2.25 bits per heavy atom. The largest absolute Gasteiger partial charge is 0.140 e. The van der Waals surface area contributed by atoms with Gasteiger partial charge in [0.15, 0.2) is 0 Å². The van der Waals surface area contributed by atoms with E-state index in [2.05, 4.69) is 61.5 Å². The molecule has 2 aromatic carbocycles. The predicted octanol–water partition coefficient (Wildman–Crippen LogP) is 6.35. The summed E-state index contributed by atoms with van der Waals surface area (Å²) in [6.07, 6.45) is 1.13. The van der Waals surface area contributed by atoms with Crippen LogP contribution in [0.5, 0.6) is 0 Å². The fourth-order valence-corrected chi connectivity index (χ4v) is 4.68. The zero-order valence-corrected chi connectivity index (χ0v) is 12.9. The summed E-state index contributed by atoms with van der Waals surface area (Å²) in [6, 6.07) is 20.0. The Hall–Kier alpha value is -1.64.